The standard InChI is InChI=1S/C13H16N4O2/c1-2-13(12(18)19)4-7-17(8-5-13)11-10(9-14)3-6-15-16-11/h3,6H,2,4-5,7-8H2,1H3,(H,18,19). The fourth-order valence-corrected chi connectivity index (χ4v) is 2.51. The number of aromatic nitrogens is 2. The molecule has 2 rings (SSSR count). The summed E-state index contributed by atoms with van der Waals surface area (Å²) in [6, 6.07) is 3.72. The third kappa shape index (κ3) is 2.36. The number of piperidine rings is 1. The Bertz CT molecular complexity index is 516. The van der Waals surface area contributed by atoms with E-state index in [1.165, 1.54) is 6.20 Å². The van der Waals surface area contributed by atoms with Crippen LogP contribution < -0.4 is 4.90 Å². The molecule has 6 heteroatoms. The molecule has 1 saturated heterocycles. The molecule has 0 radical (unpaired) electrons. The number of carboxylic acids is 1. The first kappa shape index (κ1) is 13.3. The highest BCUT2D eigenvalue weighted by Gasteiger charge is 2.40. The summed E-state index contributed by atoms with van der Waals surface area (Å²) in [7, 11) is 0. The summed E-state index contributed by atoms with van der Waals surface area (Å²) < 4.78 is 0. The van der Waals surface area contributed by atoms with Gasteiger partial charge in [-0.05, 0) is 25.3 Å². The minimum absolute atomic E-state index is 0.481. The summed E-state index contributed by atoms with van der Waals surface area (Å²) in [5, 5.41) is 26.2. The summed E-state index contributed by atoms with van der Waals surface area (Å²) >= 11 is 0. The zero-order valence-corrected chi connectivity index (χ0v) is 10.8. The predicted molar refractivity (Wildman–Crippen MR) is 68.6 cm³/mol. The van der Waals surface area contributed by atoms with E-state index in [0.29, 0.717) is 43.7 Å². The van der Waals surface area contributed by atoms with Gasteiger partial charge in [-0.3, -0.25) is 4.79 Å². The van der Waals surface area contributed by atoms with Crippen molar-refractivity contribution >= 4 is 11.8 Å². The van der Waals surface area contributed by atoms with Crippen molar-refractivity contribution in [1.29, 1.82) is 5.26 Å². The predicted octanol–water partition coefficient (Wildman–Crippen LogP) is 1.43. The van der Waals surface area contributed by atoms with Gasteiger partial charge in [-0.15, -0.1) is 5.10 Å². The molecule has 2 heterocycles. The summed E-state index contributed by atoms with van der Waals surface area (Å²) in [5.74, 6) is -0.172. The van der Waals surface area contributed by atoms with E-state index in [1.807, 2.05) is 11.8 Å². The Morgan fingerprint density at radius 1 is 1.58 bits per heavy atom. The molecular formula is C13H16N4O2. The third-order valence-electron chi connectivity index (χ3n) is 3.97. The lowest BCUT2D eigenvalue weighted by Gasteiger charge is -2.38. The molecule has 19 heavy (non-hydrogen) atoms. The van der Waals surface area contributed by atoms with Gasteiger partial charge in [0, 0.05) is 13.1 Å². The highest BCUT2D eigenvalue weighted by Crippen LogP contribution is 2.36. The average molecular weight is 260 g/mol. The normalized spacial score (nSPS) is 17.8. The monoisotopic (exact) mass is 260 g/mol. The second kappa shape index (κ2) is 5.22. The van der Waals surface area contributed by atoms with E-state index in [2.05, 4.69) is 16.3 Å². The zero-order chi connectivity index (χ0) is 13.9. The van der Waals surface area contributed by atoms with Crippen molar-refractivity contribution in [2.45, 2.75) is 26.2 Å². The van der Waals surface area contributed by atoms with Crippen LogP contribution in [-0.4, -0.2) is 34.4 Å². The van der Waals surface area contributed by atoms with Crippen LogP contribution in [0.25, 0.3) is 0 Å². The second-order valence-corrected chi connectivity index (χ2v) is 4.81. The van der Waals surface area contributed by atoms with E-state index >= 15 is 0 Å². The van der Waals surface area contributed by atoms with Crippen LogP contribution in [0.5, 0.6) is 0 Å². The summed E-state index contributed by atoms with van der Waals surface area (Å²) in [6.07, 6.45) is 3.25. The SMILES string of the molecule is CCC1(C(=O)O)CCN(c2nnccc2C#N)CC1. The van der Waals surface area contributed by atoms with Gasteiger partial charge >= 0.3 is 5.97 Å². The van der Waals surface area contributed by atoms with Gasteiger partial charge in [0.05, 0.1) is 17.2 Å². The maximum absolute atomic E-state index is 11.4. The Hall–Kier alpha value is -2.16. The Balaban J connectivity index is 2.16. The van der Waals surface area contributed by atoms with Crippen LogP contribution in [0.1, 0.15) is 31.7 Å². The fourth-order valence-electron chi connectivity index (χ4n) is 2.51. The molecule has 0 spiro atoms. The van der Waals surface area contributed by atoms with E-state index in [0.717, 1.165) is 0 Å². The number of carboxylic acid groups (broad SMARTS) is 1. The van der Waals surface area contributed by atoms with Crippen LogP contribution >= 0.6 is 0 Å². The van der Waals surface area contributed by atoms with Gasteiger partial charge in [0.1, 0.15) is 6.07 Å². The van der Waals surface area contributed by atoms with Gasteiger partial charge in [0.15, 0.2) is 5.82 Å². The Kier molecular flexibility index (Phi) is 3.65. The summed E-state index contributed by atoms with van der Waals surface area (Å²) in [5.41, 5.74) is -0.153. The molecular weight excluding hydrogens is 244 g/mol. The number of aliphatic carboxylic acids is 1. The van der Waals surface area contributed by atoms with Gasteiger partial charge in [-0.1, -0.05) is 6.92 Å². The van der Waals surface area contributed by atoms with Crippen molar-refractivity contribution in [2.24, 2.45) is 5.41 Å². The lowest BCUT2D eigenvalue weighted by molar-refractivity contribution is -0.150. The fraction of sp³-hybridized carbons (Fsp3) is 0.538. The van der Waals surface area contributed by atoms with Crippen molar-refractivity contribution in [3.63, 3.8) is 0 Å². The number of nitrogens with zero attached hydrogens (tertiary/aromatic N) is 4. The molecule has 1 aliphatic heterocycles. The van der Waals surface area contributed by atoms with Gasteiger partial charge in [-0.25, -0.2) is 0 Å². The molecule has 0 amide bonds. The molecule has 6 nitrogen and oxygen atoms in total. The Morgan fingerprint density at radius 2 is 2.26 bits per heavy atom. The summed E-state index contributed by atoms with van der Waals surface area (Å²) in [6.45, 7) is 3.09. The van der Waals surface area contributed by atoms with Gasteiger partial charge in [0.2, 0.25) is 0 Å². The van der Waals surface area contributed by atoms with Crippen molar-refractivity contribution in [3.05, 3.63) is 17.8 Å². The second-order valence-electron chi connectivity index (χ2n) is 4.81. The number of hydrogen-bond acceptors (Lipinski definition) is 5. The van der Waals surface area contributed by atoms with Crippen molar-refractivity contribution in [3.8, 4) is 6.07 Å². The number of rotatable bonds is 3. The number of carbonyl (C=O) groups is 1. The van der Waals surface area contributed by atoms with E-state index in [1.54, 1.807) is 6.07 Å². The molecule has 0 saturated carbocycles. The number of hydrogen-bond donors (Lipinski definition) is 1. The molecule has 1 aromatic rings. The molecule has 1 N–H and O–H groups in total. The van der Waals surface area contributed by atoms with E-state index in [4.69, 9.17) is 5.26 Å². The lowest BCUT2D eigenvalue weighted by Crippen LogP contribution is -2.44. The maximum atomic E-state index is 11.4. The molecule has 100 valence electrons. The average Bonchev–Trinajstić information content (AvgIpc) is 2.47. The Morgan fingerprint density at radius 3 is 2.79 bits per heavy atom. The van der Waals surface area contributed by atoms with Crippen LogP contribution in [0.15, 0.2) is 12.3 Å². The van der Waals surface area contributed by atoms with Crippen LogP contribution in [0.4, 0.5) is 5.82 Å². The minimum atomic E-state index is -0.727. The molecule has 1 fully saturated rings. The first-order chi connectivity index (χ1) is 9.13. The Labute approximate surface area is 111 Å². The highest BCUT2D eigenvalue weighted by molar-refractivity contribution is 5.75. The van der Waals surface area contributed by atoms with Gasteiger partial charge in [0.25, 0.3) is 0 Å². The van der Waals surface area contributed by atoms with Crippen molar-refractivity contribution in [2.75, 3.05) is 18.0 Å². The van der Waals surface area contributed by atoms with Crippen LogP contribution in [0, 0.1) is 16.7 Å². The van der Waals surface area contributed by atoms with Crippen molar-refractivity contribution in [1.82, 2.24) is 10.2 Å². The van der Waals surface area contributed by atoms with Gasteiger partial charge in [-0.2, -0.15) is 10.4 Å². The van der Waals surface area contributed by atoms with Crippen LogP contribution in [-0.2, 0) is 4.79 Å². The molecule has 0 unspecified atom stereocenters. The molecule has 1 aliphatic rings. The van der Waals surface area contributed by atoms with Crippen LogP contribution in [0.2, 0.25) is 0 Å². The van der Waals surface area contributed by atoms with Crippen molar-refractivity contribution < 1.29 is 9.90 Å². The van der Waals surface area contributed by atoms with Crippen LogP contribution in [0.3, 0.4) is 0 Å². The van der Waals surface area contributed by atoms with Gasteiger partial charge < -0.3 is 10.0 Å². The topological polar surface area (TPSA) is 90.1 Å². The smallest absolute Gasteiger partial charge is 0.309 e. The minimum Gasteiger partial charge on any atom is -0.481 e. The number of anilines is 1. The van der Waals surface area contributed by atoms with E-state index < -0.39 is 11.4 Å². The quantitative estimate of drug-likeness (QED) is 0.884. The molecule has 0 aliphatic carbocycles. The summed E-state index contributed by atoms with van der Waals surface area (Å²) in [4.78, 5) is 13.3. The largest absolute Gasteiger partial charge is 0.481 e. The van der Waals surface area contributed by atoms with E-state index in [-0.39, 0.29) is 0 Å². The lowest BCUT2D eigenvalue weighted by atomic mass is 9.76. The molecule has 0 atom stereocenters. The first-order valence-electron chi connectivity index (χ1n) is 6.33. The zero-order valence-electron chi connectivity index (χ0n) is 10.8. The first-order valence-corrected chi connectivity index (χ1v) is 6.33. The molecule has 0 aromatic carbocycles. The number of nitriles is 1. The molecule has 0 bridgehead atoms. The maximum Gasteiger partial charge on any atom is 0.309 e. The third-order valence-corrected chi connectivity index (χ3v) is 3.97. The van der Waals surface area contributed by atoms with E-state index in [9.17, 15) is 9.90 Å². The highest BCUT2D eigenvalue weighted by atomic mass is 16.4. The molecule has 1 aromatic heterocycles.